The Kier molecular flexibility index (Phi) is 3.46. The molecule has 20 heavy (non-hydrogen) atoms. The van der Waals surface area contributed by atoms with Gasteiger partial charge in [-0.1, -0.05) is 6.07 Å². The summed E-state index contributed by atoms with van der Waals surface area (Å²) in [6.07, 6.45) is 2.23. The number of aliphatic carboxylic acids is 1. The lowest BCUT2D eigenvalue weighted by molar-refractivity contribution is -0.144. The van der Waals surface area contributed by atoms with Crippen LogP contribution in [0.2, 0.25) is 0 Å². The molecule has 1 aromatic rings. The van der Waals surface area contributed by atoms with Crippen molar-refractivity contribution in [2.45, 2.75) is 25.3 Å². The lowest BCUT2D eigenvalue weighted by Gasteiger charge is -2.31. The van der Waals surface area contributed by atoms with E-state index >= 15 is 0 Å². The third-order valence-corrected chi connectivity index (χ3v) is 4.71. The van der Waals surface area contributed by atoms with Crippen molar-refractivity contribution in [2.75, 3.05) is 13.1 Å². The summed E-state index contributed by atoms with van der Waals surface area (Å²) in [6.45, 7) is 1.12. The Morgan fingerprint density at radius 2 is 2.00 bits per heavy atom. The number of carbonyl (C=O) groups is 1. The van der Waals surface area contributed by atoms with Gasteiger partial charge in [0.15, 0.2) is 0 Å². The summed E-state index contributed by atoms with van der Waals surface area (Å²) in [5, 5.41) is 9.32. The number of hydrogen-bond acceptors (Lipinski definition) is 2. The summed E-state index contributed by atoms with van der Waals surface area (Å²) in [6, 6.07) is 3.33. The third kappa shape index (κ3) is 2.20. The zero-order valence-corrected chi connectivity index (χ0v) is 11.1. The maximum Gasteiger partial charge on any atom is 0.321 e. The molecule has 1 saturated heterocycles. The maximum absolute atomic E-state index is 13.6. The van der Waals surface area contributed by atoms with Gasteiger partial charge < -0.3 is 5.11 Å². The zero-order chi connectivity index (χ0) is 14.3. The van der Waals surface area contributed by atoms with E-state index in [4.69, 9.17) is 0 Å². The summed E-state index contributed by atoms with van der Waals surface area (Å²) >= 11 is 0. The van der Waals surface area contributed by atoms with Crippen LogP contribution in [0.25, 0.3) is 0 Å². The highest BCUT2D eigenvalue weighted by atomic mass is 19.1. The number of hydrogen-bond donors (Lipinski definition) is 1. The molecule has 0 unspecified atom stereocenters. The van der Waals surface area contributed by atoms with E-state index in [1.54, 1.807) is 0 Å². The molecule has 0 bridgehead atoms. The molecule has 2 fully saturated rings. The standard InChI is InChI=1S/C15H17F2NO2/c16-12-2-1-3-13(17)11(12)6-7-18-8-9-4-5-10(9)14(18)15(19)20/h1-3,9-10,14H,4-8H2,(H,19,20)/t9-,10-,14+/m1/s1. The molecule has 0 spiro atoms. The minimum Gasteiger partial charge on any atom is -0.480 e. The highest BCUT2D eigenvalue weighted by Crippen LogP contribution is 2.44. The lowest BCUT2D eigenvalue weighted by Crippen LogP contribution is -2.41. The molecule has 3 rings (SSSR count). The van der Waals surface area contributed by atoms with Crippen LogP contribution in [-0.2, 0) is 11.2 Å². The van der Waals surface area contributed by atoms with E-state index in [0.717, 1.165) is 19.4 Å². The molecular weight excluding hydrogens is 264 g/mol. The minimum atomic E-state index is -0.814. The van der Waals surface area contributed by atoms with Gasteiger partial charge in [-0.15, -0.1) is 0 Å². The van der Waals surface area contributed by atoms with Gasteiger partial charge in [0.05, 0.1) is 0 Å². The van der Waals surface area contributed by atoms with Crippen LogP contribution in [-0.4, -0.2) is 35.1 Å². The highest BCUT2D eigenvalue weighted by molar-refractivity contribution is 5.74. The van der Waals surface area contributed by atoms with Crippen LogP contribution in [0.3, 0.4) is 0 Å². The Morgan fingerprint density at radius 3 is 2.55 bits per heavy atom. The molecular formula is C15H17F2NO2. The number of benzene rings is 1. The molecule has 1 N–H and O–H groups in total. The normalized spacial score (nSPS) is 29.0. The van der Waals surface area contributed by atoms with Crippen molar-refractivity contribution in [3.8, 4) is 0 Å². The maximum atomic E-state index is 13.6. The van der Waals surface area contributed by atoms with E-state index in [0.29, 0.717) is 12.5 Å². The molecule has 108 valence electrons. The Hall–Kier alpha value is -1.49. The number of nitrogens with zero attached hydrogens (tertiary/aromatic N) is 1. The molecule has 1 aromatic carbocycles. The minimum absolute atomic E-state index is 0.0517. The van der Waals surface area contributed by atoms with Gasteiger partial charge in [0.1, 0.15) is 17.7 Å². The van der Waals surface area contributed by atoms with E-state index in [1.165, 1.54) is 18.2 Å². The van der Waals surface area contributed by atoms with E-state index < -0.39 is 23.6 Å². The fourth-order valence-corrected chi connectivity index (χ4v) is 3.52. The summed E-state index contributed by atoms with van der Waals surface area (Å²) in [7, 11) is 0. The van der Waals surface area contributed by atoms with Crippen LogP contribution in [0.15, 0.2) is 18.2 Å². The first kappa shape index (κ1) is 13.5. The van der Waals surface area contributed by atoms with E-state index in [9.17, 15) is 18.7 Å². The average molecular weight is 281 g/mol. The van der Waals surface area contributed by atoms with Crippen LogP contribution in [0.4, 0.5) is 8.78 Å². The summed E-state index contributed by atoms with van der Waals surface area (Å²) < 4.78 is 27.1. The largest absolute Gasteiger partial charge is 0.480 e. The zero-order valence-electron chi connectivity index (χ0n) is 11.1. The van der Waals surface area contributed by atoms with Gasteiger partial charge in [-0.2, -0.15) is 0 Å². The second kappa shape index (κ2) is 5.13. The van der Waals surface area contributed by atoms with Crippen molar-refractivity contribution in [1.29, 1.82) is 0 Å². The first-order chi connectivity index (χ1) is 9.58. The van der Waals surface area contributed by atoms with Gasteiger partial charge >= 0.3 is 5.97 Å². The predicted molar refractivity (Wildman–Crippen MR) is 69.3 cm³/mol. The van der Waals surface area contributed by atoms with Gasteiger partial charge in [-0.05, 0) is 43.2 Å². The molecule has 1 heterocycles. The quantitative estimate of drug-likeness (QED) is 0.920. The van der Waals surface area contributed by atoms with Crippen molar-refractivity contribution in [2.24, 2.45) is 11.8 Å². The topological polar surface area (TPSA) is 40.5 Å². The summed E-state index contributed by atoms with van der Waals surface area (Å²) in [4.78, 5) is 13.2. The number of halogens is 2. The van der Waals surface area contributed by atoms with Gasteiger partial charge in [-0.3, -0.25) is 9.69 Å². The number of rotatable bonds is 4. The molecule has 1 saturated carbocycles. The fourth-order valence-electron chi connectivity index (χ4n) is 3.52. The van der Waals surface area contributed by atoms with Crippen molar-refractivity contribution in [1.82, 2.24) is 4.90 Å². The second-order valence-electron chi connectivity index (χ2n) is 5.73. The molecule has 0 amide bonds. The Balaban J connectivity index is 1.70. The summed E-state index contributed by atoms with van der Waals surface area (Å²) in [5.41, 5.74) is 0.0517. The monoisotopic (exact) mass is 281 g/mol. The number of likely N-dealkylation sites (tertiary alicyclic amines) is 1. The van der Waals surface area contributed by atoms with Gasteiger partial charge in [-0.25, -0.2) is 8.78 Å². The van der Waals surface area contributed by atoms with Crippen LogP contribution in [0, 0.1) is 23.5 Å². The van der Waals surface area contributed by atoms with Crippen LogP contribution >= 0.6 is 0 Å². The average Bonchev–Trinajstić information content (AvgIpc) is 2.61. The number of fused-ring (bicyclic) bond motifs is 1. The molecule has 5 heteroatoms. The van der Waals surface area contributed by atoms with Crippen LogP contribution in [0.5, 0.6) is 0 Å². The first-order valence-corrected chi connectivity index (χ1v) is 6.97. The third-order valence-electron chi connectivity index (χ3n) is 4.71. The molecule has 0 radical (unpaired) electrons. The summed E-state index contributed by atoms with van der Waals surface area (Å²) in [5.74, 6) is -1.26. The van der Waals surface area contributed by atoms with Gasteiger partial charge in [0.25, 0.3) is 0 Å². The molecule has 1 aliphatic carbocycles. The number of carboxylic acid groups (broad SMARTS) is 1. The van der Waals surface area contributed by atoms with Crippen molar-refractivity contribution in [3.63, 3.8) is 0 Å². The van der Waals surface area contributed by atoms with Crippen molar-refractivity contribution < 1.29 is 18.7 Å². The Bertz CT molecular complexity index is 514. The number of carboxylic acids is 1. The Labute approximate surface area is 116 Å². The van der Waals surface area contributed by atoms with E-state index in [-0.39, 0.29) is 17.9 Å². The van der Waals surface area contributed by atoms with Gasteiger partial charge in [0.2, 0.25) is 0 Å². The lowest BCUT2D eigenvalue weighted by atomic mass is 9.73. The SMILES string of the molecule is O=C(O)[C@@H]1[C@@H]2CC[C@@H]2CN1CCc1c(F)cccc1F. The van der Waals surface area contributed by atoms with Gasteiger partial charge in [0, 0.05) is 18.7 Å². The molecule has 0 aromatic heterocycles. The smallest absolute Gasteiger partial charge is 0.321 e. The Morgan fingerprint density at radius 1 is 1.30 bits per heavy atom. The first-order valence-electron chi connectivity index (χ1n) is 6.97. The van der Waals surface area contributed by atoms with E-state index in [2.05, 4.69) is 0 Å². The molecule has 3 nitrogen and oxygen atoms in total. The van der Waals surface area contributed by atoms with Crippen molar-refractivity contribution >= 4 is 5.97 Å². The fraction of sp³-hybridized carbons (Fsp3) is 0.533. The van der Waals surface area contributed by atoms with E-state index in [1.807, 2.05) is 4.90 Å². The molecule has 3 atom stereocenters. The second-order valence-corrected chi connectivity index (χ2v) is 5.73. The predicted octanol–water partition coefficient (Wildman–Crippen LogP) is 2.30. The van der Waals surface area contributed by atoms with Crippen molar-refractivity contribution in [3.05, 3.63) is 35.4 Å². The van der Waals surface area contributed by atoms with Crippen LogP contribution < -0.4 is 0 Å². The highest BCUT2D eigenvalue weighted by Gasteiger charge is 2.49. The molecule has 1 aliphatic heterocycles. The van der Waals surface area contributed by atoms with Crippen LogP contribution in [0.1, 0.15) is 18.4 Å². The molecule has 2 aliphatic rings.